The molecule has 1 fully saturated rings. The van der Waals surface area contributed by atoms with Gasteiger partial charge in [0, 0.05) is 6.54 Å². The van der Waals surface area contributed by atoms with Crippen LogP contribution in [0.25, 0.3) is 0 Å². The summed E-state index contributed by atoms with van der Waals surface area (Å²) in [5, 5.41) is 0.183. The first-order valence-corrected chi connectivity index (χ1v) is 8.30. The molecule has 0 saturated heterocycles. The van der Waals surface area contributed by atoms with Crippen LogP contribution in [0.15, 0.2) is 9.59 Å². The van der Waals surface area contributed by atoms with Crippen molar-refractivity contribution in [1.82, 2.24) is 9.55 Å². The number of halogens is 1. The number of hydrogen-bond acceptors (Lipinski definition) is 2. The summed E-state index contributed by atoms with van der Waals surface area (Å²) in [6, 6.07) is 0. The van der Waals surface area contributed by atoms with Crippen LogP contribution in [0.2, 0.25) is 5.15 Å². The molecule has 1 aromatic heterocycles. The third-order valence-electron chi connectivity index (χ3n) is 4.56. The van der Waals surface area contributed by atoms with Gasteiger partial charge in [0.2, 0.25) is 0 Å². The Labute approximate surface area is 130 Å². The van der Waals surface area contributed by atoms with Crippen LogP contribution in [0.5, 0.6) is 0 Å². The molecule has 0 amide bonds. The molecule has 4 nitrogen and oxygen atoms in total. The van der Waals surface area contributed by atoms with Gasteiger partial charge in [-0.2, -0.15) is 0 Å². The highest BCUT2D eigenvalue weighted by Crippen LogP contribution is 2.30. The topological polar surface area (TPSA) is 54.9 Å². The number of nitrogens with zero attached hydrogens (tertiary/aromatic N) is 1. The van der Waals surface area contributed by atoms with Crippen molar-refractivity contribution in [3.8, 4) is 0 Å². The first-order valence-electron chi connectivity index (χ1n) is 7.92. The average Bonchev–Trinajstić information content (AvgIpc) is 2.37. The van der Waals surface area contributed by atoms with Crippen LogP contribution in [0, 0.1) is 11.8 Å². The lowest BCUT2D eigenvalue weighted by Gasteiger charge is -2.26. The third-order valence-corrected chi connectivity index (χ3v) is 4.86. The van der Waals surface area contributed by atoms with Crippen molar-refractivity contribution in [2.75, 3.05) is 0 Å². The van der Waals surface area contributed by atoms with Gasteiger partial charge in [-0.1, -0.05) is 51.6 Å². The van der Waals surface area contributed by atoms with E-state index in [4.69, 9.17) is 11.6 Å². The quantitative estimate of drug-likeness (QED) is 0.865. The lowest BCUT2D eigenvalue weighted by atomic mass is 9.81. The Balaban J connectivity index is 2.18. The zero-order chi connectivity index (χ0) is 15.6. The Hall–Kier alpha value is -1.03. The predicted octanol–water partition coefficient (Wildman–Crippen LogP) is 3.53. The Morgan fingerprint density at radius 2 is 2.05 bits per heavy atom. The van der Waals surface area contributed by atoms with Crippen molar-refractivity contribution in [3.63, 3.8) is 0 Å². The van der Waals surface area contributed by atoms with Crippen molar-refractivity contribution in [3.05, 3.63) is 31.6 Å². The Morgan fingerprint density at radius 1 is 1.33 bits per heavy atom. The van der Waals surface area contributed by atoms with Crippen molar-refractivity contribution >= 4 is 11.6 Å². The molecule has 0 radical (unpaired) electrons. The molecule has 2 rings (SSSR count). The summed E-state index contributed by atoms with van der Waals surface area (Å²) in [5.41, 5.74) is -0.117. The first kappa shape index (κ1) is 16.3. The minimum atomic E-state index is -0.391. The Morgan fingerprint density at radius 3 is 2.67 bits per heavy atom. The van der Waals surface area contributed by atoms with Crippen LogP contribution in [0.3, 0.4) is 0 Å². The summed E-state index contributed by atoms with van der Waals surface area (Å²) >= 11 is 6.00. The molecule has 1 saturated carbocycles. The maximum absolute atomic E-state index is 12.4. The summed E-state index contributed by atoms with van der Waals surface area (Å²) in [7, 11) is 0. The van der Waals surface area contributed by atoms with E-state index in [0.717, 1.165) is 12.3 Å². The van der Waals surface area contributed by atoms with E-state index in [9.17, 15) is 9.59 Å². The van der Waals surface area contributed by atoms with Gasteiger partial charge in [-0.25, -0.2) is 4.79 Å². The van der Waals surface area contributed by atoms with Gasteiger partial charge >= 0.3 is 5.69 Å². The SMILES string of the molecule is CC1CCCC(CCn2c(=O)[nH]c(Cl)c(C(C)C)c2=O)C1. The molecule has 0 aliphatic heterocycles. The van der Waals surface area contributed by atoms with Gasteiger partial charge in [-0.15, -0.1) is 0 Å². The van der Waals surface area contributed by atoms with Gasteiger partial charge in [-0.3, -0.25) is 14.3 Å². The molecule has 1 heterocycles. The number of hydrogen-bond donors (Lipinski definition) is 1. The van der Waals surface area contributed by atoms with E-state index in [1.54, 1.807) is 0 Å². The summed E-state index contributed by atoms with van der Waals surface area (Å²) in [4.78, 5) is 27.0. The monoisotopic (exact) mass is 312 g/mol. The fraction of sp³-hybridized carbons (Fsp3) is 0.750. The minimum absolute atomic E-state index is 0.00260. The molecule has 2 atom stereocenters. The number of nitrogens with one attached hydrogen (secondary N) is 1. The van der Waals surface area contributed by atoms with E-state index in [0.29, 0.717) is 18.0 Å². The van der Waals surface area contributed by atoms with Crippen LogP contribution in [0.4, 0.5) is 0 Å². The second-order valence-electron chi connectivity index (χ2n) is 6.70. The highest BCUT2D eigenvalue weighted by Gasteiger charge is 2.20. The molecule has 1 aliphatic rings. The molecule has 21 heavy (non-hydrogen) atoms. The summed E-state index contributed by atoms with van der Waals surface area (Å²) in [5.74, 6) is 1.39. The highest BCUT2D eigenvalue weighted by molar-refractivity contribution is 6.30. The second-order valence-corrected chi connectivity index (χ2v) is 7.07. The predicted molar refractivity (Wildman–Crippen MR) is 86.2 cm³/mol. The highest BCUT2D eigenvalue weighted by atomic mass is 35.5. The summed E-state index contributed by atoms with van der Waals surface area (Å²) < 4.78 is 1.32. The molecule has 118 valence electrons. The zero-order valence-electron chi connectivity index (χ0n) is 13.1. The van der Waals surface area contributed by atoms with Gasteiger partial charge in [-0.05, 0) is 30.6 Å². The third kappa shape index (κ3) is 3.79. The fourth-order valence-corrected chi connectivity index (χ4v) is 3.78. The maximum atomic E-state index is 12.4. The molecule has 0 aromatic carbocycles. The van der Waals surface area contributed by atoms with Crippen LogP contribution in [-0.4, -0.2) is 9.55 Å². The van der Waals surface area contributed by atoms with Crippen molar-refractivity contribution in [2.45, 2.75) is 65.3 Å². The molecule has 1 N–H and O–H groups in total. The van der Waals surface area contributed by atoms with Gasteiger partial charge < -0.3 is 0 Å². The van der Waals surface area contributed by atoms with Crippen molar-refractivity contribution in [1.29, 1.82) is 0 Å². The summed E-state index contributed by atoms with van der Waals surface area (Å²) in [6.07, 6.45) is 5.87. The lowest BCUT2D eigenvalue weighted by molar-refractivity contribution is 0.259. The molecule has 0 bridgehead atoms. The number of aromatic amines is 1. The maximum Gasteiger partial charge on any atom is 0.329 e. The standard InChI is InChI=1S/C16H25ClN2O2/c1-10(2)13-14(17)18-16(21)19(15(13)20)8-7-12-6-4-5-11(3)9-12/h10-12H,4-9H2,1-3H3,(H,18,21). The van der Waals surface area contributed by atoms with Gasteiger partial charge in [0.25, 0.3) is 5.56 Å². The smallest absolute Gasteiger partial charge is 0.297 e. The van der Waals surface area contributed by atoms with Crippen LogP contribution in [-0.2, 0) is 6.54 Å². The van der Waals surface area contributed by atoms with E-state index in [2.05, 4.69) is 11.9 Å². The molecular weight excluding hydrogens is 288 g/mol. The van der Waals surface area contributed by atoms with Crippen molar-refractivity contribution < 1.29 is 0 Å². The zero-order valence-corrected chi connectivity index (χ0v) is 13.9. The van der Waals surface area contributed by atoms with Crippen molar-refractivity contribution in [2.24, 2.45) is 11.8 Å². The second kappa shape index (κ2) is 6.82. The Kier molecular flexibility index (Phi) is 5.31. The summed E-state index contributed by atoms with van der Waals surface area (Å²) in [6.45, 7) is 6.59. The molecule has 2 unspecified atom stereocenters. The van der Waals surface area contributed by atoms with Gasteiger partial charge in [0.15, 0.2) is 0 Å². The molecular formula is C16H25ClN2O2. The molecule has 1 aromatic rings. The van der Waals surface area contributed by atoms with E-state index < -0.39 is 5.69 Å². The van der Waals surface area contributed by atoms with Gasteiger partial charge in [0.1, 0.15) is 5.15 Å². The largest absolute Gasteiger partial charge is 0.329 e. The van der Waals surface area contributed by atoms with E-state index in [1.165, 1.54) is 30.3 Å². The lowest BCUT2D eigenvalue weighted by Crippen LogP contribution is -2.38. The van der Waals surface area contributed by atoms with Gasteiger partial charge in [0.05, 0.1) is 5.56 Å². The molecule has 0 spiro atoms. The van der Waals surface area contributed by atoms with E-state index >= 15 is 0 Å². The molecule has 5 heteroatoms. The molecule has 1 aliphatic carbocycles. The van der Waals surface area contributed by atoms with Crippen LogP contribution in [0.1, 0.15) is 64.4 Å². The van der Waals surface area contributed by atoms with Crippen LogP contribution >= 0.6 is 11.6 Å². The van der Waals surface area contributed by atoms with E-state index in [-0.39, 0.29) is 16.6 Å². The minimum Gasteiger partial charge on any atom is -0.297 e. The normalized spacial score (nSPS) is 22.7. The van der Waals surface area contributed by atoms with E-state index in [1.807, 2.05) is 13.8 Å². The number of rotatable bonds is 4. The first-order chi connectivity index (χ1) is 9.90. The fourth-order valence-electron chi connectivity index (χ4n) is 3.40. The number of H-pyrrole nitrogens is 1. The number of aromatic nitrogens is 2. The van der Waals surface area contributed by atoms with Crippen LogP contribution < -0.4 is 11.2 Å². The Bertz CT molecular complexity index is 603. The average molecular weight is 313 g/mol.